The Kier molecular flexibility index (Phi) is 6.09. The average Bonchev–Trinajstić information content (AvgIpc) is 2.42. The van der Waals surface area contributed by atoms with E-state index in [4.69, 9.17) is 15.9 Å². The van der Waals surface area contributed by atoms with Gasteiger partial charge in [-0.3, -0.25) is 9.59 Å². The number of aliphatic carboxylic acids is 2. The first kappa shape index (κ1) is 16.4. The zero-order chi connectivity index (χ0) is 15.8. The predicted molar refractivity (Wildman–Crippen MR) is 76.6 cm³/mol. The summed E-state index contributed by atoms with van der Waals surface area (Å²) in [6, 6.07) is 5.62. The number of benzene rings is 1. The number of hydrogen-bond acceptors (Lipinski definition) is 4. The van der Waals surface area contributed by atoms with E-state index in [9.17, 15) is 14.4 Å². The van der Waals surface area contributed by atoms with Gasteiger partial charge in [0.05, 0.1) is 6.04 Å². The molecule has 0 aliphatic heterocycles. The summed E-state index contributed by atoms with van der Waals surface area (Å²) in [4.78, 5) is 32.6. The van der Waals surface area contributed by atoms with Crippen molar-refractivity contribution in [3.8, 4) is 0 Å². The molecule has 5 N–H and O–H groups in total. The van der Waals surface area contributed by atoms with E-state index in [0.29, 0.717) is 11.3 Å². The third-order valence-corrected chi connectivity index (χ3v) is 2.58. The van der Waals surface area contributed by atoms with Crippen molar-refractivity contribution in [3.63, 3.8) is 0 Å². The summed E-state index contributed by atoms with van der Waals surface area (Å²) in [5.41, 5.74) is 6.65. The van der Waals surface area contributed by atoms with Gasteiger partial charge >= 0.3 is 11.9 Å². The zero-order valence-corrected chi connectivity index (χ0v) is 11.2. The molecule has 0 fully saturated rings. The molecule has 1 amide bonds. The molecule has 0 aromatic heterocycles. The van der Waals surface area contributed by atoms with E-state index in [2.05, 4.69) is 5.32 Å². The molecule has 7 nitrogen and oxygen atoms in total. The van der Waals surface area contributed by atoms with Crippen LogP contribution in [0.2, 0.25) is 0 Å². The van der Waals surface area contributed by atoms with Crippen molar-refractivity contribution in [2.45, 2.75) is 18.9 Å². The number of carboxylic acids is 2. The van der Waals surface area contributed by atoms with Gasteiger partial charge in [-0.25, -0.2) is 4.79 Å². The lowest BCUT2D eigenvalue weighted by molar-refractivity contribution is -0.137. The molecule has 0 aliphatic rings. The highest BCUT2D eigenvalue weighted by molar-refractivity contribution is 5.95. The molecule has 1 rings (SSSR count). The molecule has 21 heavy (non-hydrogen) atoms. The molecule has 1 aromatic rings. The minimum Gasteiger partial charge on any atom is -0.481 e. The third kappa shape index (κ3) is 6.35. The Morgan fingerprint density at radius 1 is 1.29 bits per heavy atom. The van der Waals surface area contributed by atoms with Gasteiger partial charge in [0.1, 0.15) is 0 Å². The number of carbonyl (C=O) groups is 3. The van der Waals surface area contributed by atoms with Crippen LogP contribution in [0.15, 0.2) is 30.3 Å². The first-order valence-electron chi connectivity index (χ1n) is 6.18. The van der Waals surface area contributed by atoms with Gasteiger partial charge in [0.2, 0.25) is 5.91 Å². The van der Waals surface area contributed by atoms with Gasteiger partial charge in [-0.05, 0) is 30.2 Å². The van der Waals surface area contributed by atoms with E-state index < -0.39 is 23.9 Å². The molecular formula is C14H16N2O5. The highest BCUT2D eigenvalue weighted by Crippen LogP contribution is 2.12. The maximum atomic E-state index is 11.8. The van der Waals surface area contributed by atoms with Gasteiger partial charge in [-0.1, -0.05) is 12.1 Å². The van der Waals surface area contributed by atoms with Crippen molar-refractivity contribution in [2.75, 3.05) is 5.32 Å². The fourth-order valence-electron chi connectivity index (χ4n) is 1.53. The van der Waals surface area contributed by atoms with Crippen LogP contribution < -0.4 is 11.1 Å². The van der Waals surface area contributed by atoms with Gasteiger partial charge < -0.3 is 21.3 Å². The Hall–Kier alpha value is -2.67. The van der Waals surface area contributed by atoms with Crippen LogP contribution in [0.25, 0.3) is 6.08 Å². The zero-order valence-electron chi connectivity index (χ0n) is 11.2. The molecular weight excluding hydrogens is 276 g/mol. The Balaban J connectivity index is 2.65. The van der Waals surface area contributed by atoms with Crippen LogP contribution in [0, 0.1) is 0 Å². The Labute approximate surface area is 121 Å². The molecule has 7 heteroatoms. The van der Waals surface area contributed by atoms with Crippen LogP contribution in [0.3, 0.4) is 0 Å². The van der Waals surface area contributed by atoms with Crippen molar-refractivity contribution >= 4 is 29.6 Å². The number of nitrogens with two attached hydrogens (primary N) is 1. The van der Waals surface area contributed by atoms with E-state index in [1.807, 2.05) is 0 Å². The molecule has 1 aromatic carbocycles. The van der Waals surface area contributed by atoms with E-state index in [-0.39, 0.29) is 12.8 Å². The van der Waals surface area contributed by atoms with Gasteiger partial charge in [0, 0.05) is 18.2 Å². The topological polar surface area (TPSA) is 130 Å². The second-order valence-corrected chi connectivity index (χ2v) is 4.33. The molecule has 112 valence electrons. The minimum atomic E-state index is -1.07. The molecule has 0 spiro atoms. The molecule has 0 aliphatic carbocycles. The summed E-state index contributed by atoms with van der Waals surface area (Å²) >= 11 is 0. The third-order valence-electron chi connectivity index (χ3n) is 2.58. The summed E-state index contributed by atoms with van der Waals surface area (Å²) in [5, 5.41) is 19.6. The van der Waals surface area contributed by atoms with Crippen molar-refractivity contribution in [1.29, 1.82) is 0 Å². The van der Waals surface area contributed by atoms with Crippen LogP contribution in [0.5, 0.6) is 0 Å². The van der Waals surface area contributed by atoms with Crippen LogP contribution >= 0.6 is 0 Å². The van der Waals surface area contributed by atoms with Crippen LogP contribution in [-0.2, 0) is 14.4 Å². The molecule has 1 atom stereocenters. The number of amides is 1. The monoisotopic (exact) mass is 292 g/mol. The van der Waals surface area contributed by atoms with Gasteiger partial charge in [-0.2, -0.15) is 0 Å². The van der Waals surface area contributed by atoms with Crippen molar-refractivity contribution in [2.24, 2.45) is 5.73 Å². The largest absolute Gasteiger partial charge is 0.481 e. The summed E-state index contributed by atoms with van der Waals surface area (Å²) in [5.74, 6) is -2.57. The molecule has 0 bridgehead atoms. The Morgan fingerprint density at radius 3 is 2.62 bits per heavy atom. The molecule has 0 heterocycles. The van der Waals surface area contributed by atoms with Crippen molar-refractivity contribution in [3.05, 3.63) is 35.9 Å². The van der Waals surface area contributed by atoms with Gasteiger partial charge in [0.25, 0.3) is 0 Å². The number of hydrogen-bond donors (Lipinski definition) is 4. The highest BCUT2D eigenvalue weighted by Gasteiger charge is 2.14. The number of carbonyl (C=O) groups excluding carboxylic acids is 1. The van der Waals surface area contributed by atoms with Gasteiger partial charge in [0.15, 0.2) is 0 Å². The highest BCUT2D eigenvalue weighted by atomic mass is 16.4. The fraction of sp³-hybridized carbons (Fsp3) is 0.214. The predicted octanol–water partition coefficient (Wildman–Crippen LogP) is 0.915. The van der Waals surface area contributed by atoms with Crippen molar-refractivity contribution < 1.29 is 24.6 Å². The lowest BCUT2D eigenvalue weighted by atomic mass is 10.1. The van der Waals surface area contributed by atoms with Crippen LogP contribution in [-0.4, -0.2) is 34.1 Å². The standard InChI is InChI=1S/C14H16N2O5/c15-11(5-7-13(19)20)14(21)16-10-3-1-2-9(8-10)4-6-12(17)18/h1-4,6,8,11H,5,7,15H2,(H,16,21)(H,17,18)(H,19,20)/b6-4+. The normalized spacial score (nSPS) is 12.0. The number of nitrogens with one attached hydrogen (secondary N) is 1. The SMILES string of the molecule is NC(CCC(=O)O)C(=O)Nc1cccc(/C=C/C(=O)O)c1. The lowest BCUT2D eigenvalue weighted by Crippen LogP contribution is -2.36. The van der Waals surface area contributed by atoms with E-state index in [0.717, 1.165) is 6.08 Å². The fourth-order valence-corrected chi connectivity index (χ4v) is 1.53. The molecule has 0 radical (unpaired) electrons. The maximum Gasteiger partial charge on any atom is 0.328 e. The summed E-state index contributed by atoms with van der Waals surface area (Å²) in [6.07, 6.45) is 2.23. The minimum absolute atomic E-state index is 0.0414. The van der Waals surface area contributed by atoms with E-state index in [1.165, 1.54) is 6.08 Å². The second-order valence-electron chi connectivity index (χ2n) is 4.33. The molecule has 1 unspecified atom stereocenters. The molecule has 0 saturated carbocycles. The maximum absolute atomic E-state index is 11.8. The Bertz CT molecular complexity index is 568. The summed E-state index contributed by atoms with van der Waals surface area (Å²) in [6.45, 7) is 0. The van der Waals surface area contributed by atoms with E-state index >= 15 is 0 Å². The average molecular weight is 292 g/mol. The first-order chi connectivity index (χ1) is 9.88. The van der Waals surface area contributed by atoms with Crippen LogP contribution in [0.4, 0.5) is 5.69 Å². The number of anilines is 1. The Morgan fingerprint density at radius 2 is 2.00 bits per heavy atom. The first-order valence-corrected chi connectivity index (χ1v) is 6.18. The quantitative estimate of drug-likeness (QED) is 0.553. The van der Waals surface area contributed by atoms with Crippen LogP contribution in [0.1, 0.15) is 18.4 Å². The second kappa shape index (κ2) is 7.81. The smallest absolute Gasteiger partial charge is 0.328 e. The summed E-state index contributed by atoms with van der Waals surface area (Å²) in [7, 11) is 0. The van der Waals surface area contributed by atoms with Gasteiger partial charge in [-0.15, -0.1) is 0 Å². The molecule has 0 saturated heterocycles. The number of carboxylic acid groups (broad SMARTS) is 2. The lowest BCUT2D eigenvalue weighted by Gasteiger charge is -2.11. The summed E-state index contributed by atoms with van der Waals surface area (Å²) < 4.78 is 0. The number of rotatable bonds is 7. The van der Waals surface area contributed by atoms with E-state index in [1.54, 1.807) is 24.3 Å². The van der Waals surface area contributed by atoms with Crippen molar-refractivity contribution in [1.82, 2.24) is 0 Å².